The summed E-state index contributed by atoms with van der Waals surface area (Å²) in [6.45, 7) is 0.295. The number of hydrogen-bond donors (Lipinski definition) is 4. The number of sulfonamides is 1. The molecule has 0 unspecified atom stereocenters. The lowest BCUT2D eigenvalue weighted by Gasteiger charge is -2.13. The molecule has 0 aliphatic heterocycles. The lowest BCUT2D eigenvalue weighted by molar-refractivity contribution is -0.137. The third-order valence-electron chi connectivity index (χ3n) is 4.17. The Morgan fingerprint density at radius 1 is 1.00 bits per heavy atom. The number of halogens is 4. The van der Waals surface area contributed by atoms with Gasteiger partial charge in [-0.2, -0.15) is 13.2 Å². The van der Waals surface area contributed by atoms with Gasteiger partial charge in [0, 0.05) is 34.8 Å². The maximum absolute atomic E-state index is 13.0. The molecule has 2 aromatic carbocycles. The summed E-state index contributed by atoms with van der Waals surface area (Å²) in [6, 6.07) is 12.1. The molecule has 1 aromatic heterocycles. The quantitative estimate of drug-likeness (QED) is 0.272. The molecule has 0 spiro atoms. The van der Waals surface area contributed by atoms with Crippen LogP contribution in [0.25, 0.3) is 0 Å². The van der Waals surface area contributed by atoms with Crippen molar-refractivity contribution >= 4 is 43.3 Å². The minimum Gasteiger partial charge on any atom is -0.352 e. The Kier molecular flexibility index (Phi) is 7.04. The minimum atomic E-state index is -4.67. The number of benzene rings is 2. The van der Waals surface area contributed by atoms with E-state index in [1.807, 2.05) is 0 Å². The first-order valence-corrected chi connectivity index (χ1v) is 11.3. The summed E-state index contributed by atoms with van der Waals surface area (Å²) >= 11 is 2.99. The van der Waals surface area contributed by atoms with Crippen LogP contribution < -0.4 is 15.4 Å². The van der Waals surface area contributed by atoms with E-state index in [0.717, 1.165) is 17.7 Å². The summed E-state index contributed by atoms with van der Waals surface area (Å²) in [7, 11) is -4.26. The first-order chi connectivity index (χ1) is 15.0. The summed E-state index contributed by atoms with van der Waals surface area (Å²) < 4.78 is 66.4. The van der Waals surface area contributed by atoms with Crippen LogP contribution in [0.3, 0.4) is 0 Å². The van der Waals surface area contributed by atoms with Gasteiger partial charge in [0.25, 0.3) is 10.0 Å². The van der Waals surface area contributed by atoms with Gasteiger partial charge in [-0.25, -0.2) is 8.42 Å². The number of guanidine groups is 1. The maximum atomic E-state index is 13.0. The molecule has 0 aliphatic rings. The Balaban J connectivity index is 1.64. The molecule has 0 amide bonds. The topological polar surface area (TPSA) is 107 Å². The van der Waals surface area contributed by atoms with Crippen LogP contribution in [-0.4, -0.2) is 19.4 Å². The summed E-state index contributed by atoms with van der Waals surface area (Å²) in [4.78, 5) is 3.37. The summed E-state index contributed by atoms with van der Waals surface area (Å²) in [6.07, 6.45) is -1.49. The Hall–Kier alpha value is -3.12. The molecular formula is C20H17BrF3N5O2S. The molecule has 0 atom stereocenters. The van der Waals surface area contributed by atoms with E-state index in [1.54, 1.807) is 36.7 Å². The molecule has 4 N–H and O–H groups in total. The summed E-state index contributed by atoms with van der Waals surface area (Å²) in [5.74, 6) is 0.0652. The largest absolute Gasteiger partial charge is 0.416 e. The zero-order valence-electron chi connectivity index (χ0n) is 16.2. The van der Waals surface area contributed by atoms with Crippen molar-refractivity contribution in [1.82, 2.24) is 10.3 Å². The second-order valence-electron chi connectivity index (χ2n) is 6.53. The number of pyridine rings is 1. The molecule has 12 heteroatoms. The van der Waals surface area contributed by atoms with Crippen LogP contribution in [0, 0.1) is 5.41 Å². The Labute approximate surface area is 190 Å². The minimum absolute atomic E-state index is 0.0130. The second-order valence-corrected chi connectivity index (χ2v) is 9.04. The van der Waals surface area contributed by atoms with Crippen LogP contribution >= 0.6 is 15.9 Å². The number of alkyl halides is 3. The van der Waals surface area contributed by atoms with Gasteiger partial charge in [0.15, 0.2) is 5.96 Å². The normalized spacial score (nSPS) is 11.6. The Morgan fingerprint density at radius 2 is 1.66 bits per heavy atom. The predicted octanol–water partition coefficient (Wildman–Crippen LogP) is 4.80. The number of rotatable bonds is 6. The molecule has 0 saturated heterocycles. The van der Waals surface area contributed by atoms with Crippen molar-refractivity contribution in [3.63, 3.8) is 0 Å². The highest BCUT2D eigenvalue weighted by molar-refractivity contribution is 9.10. The third-order valence-corrected chi connectivity index (χ3v) is 6.55. The molecule has 0 radical (unpaired) electrons. The van der Waals surface area contributed by atoms with Crippen molar-refractivity contribution < 1.29 is 21.6 Å². The number of nitrogens with zero attached hydrogens (tertiary/aromatic N) is 1. The SMILES string of the molecule is N=C(NCc1ccc(NS(=O)(=O)c2cc(C(F)(F)F)ccc2Br)cc1)Nc1ccncc1. The molecule has 0 fully saturated rings. The van der Waals surface area contributed by atoms with E-state index in [9.17, 15) is 21.6 Å². The molecule has 3 aromatic rings. The fourth-order valence-corrected chi connectivity index (χ4v) is 4.65. The number of hydrogen-bond acceptors (Lipinski definition) is 4. The van der Waals surface area contributed by atoms with Gasteiger partial charge in [0.05, 0.1) is 5.56 Å². The molecule has 0 saturated carbocycles. The average molecular weight is 528 g/mol. The van der Waals surface area contributed by atoms with E-state index in [0.29, 0.717) is 18.3 Å². The van der Waals surface area contributed by atoms with Crippen molar-refractivity contribution in [2.75, 3.05) is 10.0 Å². The van der Waals surface area contributed by atoms with Crippen molar-refractivity contribution in [3.05, 3.63) is 82.6 Å². The van der Waals surface area contributed by atoms with E-state index >= 15 is 0 Å². The van der Waals surface area contributed by atoms with Crippen molar-refractivity contribution in [3.8, 4) is 0 Å². The lowest BCUT2D eigenvalue weighted by Crippen LogP contribution is -2.29. The summed E-state index contributed by atoms with van der Waals surface area (Å²) in [5.41, 5.74) is 0.575. The van der Waals surface area contributed by atoms with Gasteiger partial charge < -0.3 is 10.6 Å². The van der Waals surface area contributed by atoms with Crippen molar-refractivity contribution in [2.24, 2.45) is 0 Å². The van der Waals surface area contributed by atoms with Gasteiger partial charge in [0.1, 0.15) is 4.90 Å². The van der Waals surface area contributed by atoms with E-state index in [-0.39, 0.29) is 16.1 Å². The first-order valence-electron chi connectivity index (χ1n) is 9.02. The Bertz CT molecular complexity index is 1200. The number of anilines is 2. The van der Waals surface area contributed by atoms with Crippen LogP contribution in [-0.2, 0) is 22.7 Å². The summed E-state index contributed by atoms with van der Waals surface area (Å²) in [5, 5.41) is 13.6. The maximum Gasteiger partial charge on any atom is 0.416 e. The van der Waals surface area contributed by atoms with Crippen molar-refractivity contribution in [2.45, 2.75) is 17.6 Å². The van der Waals surface area contributed by atoms with Gasteiger partial charge in [-0.3, -0.25) is 15.1 Å². The molecule has 0 aliphatic carbocycles. The average Bonchev–Trinajstić information content (AvgIpc) is 2.73. The highest BCUT2D eigenvalue weighted by atomic mass is 79.9. The Morgan fingerprint density at radius 3 is 2.28 bits per heavy atom. The monoisotopic (exact) mass is 527 g/mol. The van der Waals surface area contributed by atoms with Crippen LogP contribution in [0.4, 0.5) is 24.5 Å². The number of aromatic nitrogens is 1. The fraction of sp³-hybridized carbons (Fsp3) is 0.100. The van der Waals surface area contributed by atoms with Gasteiger partial charge in [-0.15, -0.1) is 0 Å². The number of nitrogens with one attached hydrogen (secondary N) is 4. The molecule has 7 nitrogen and oxygen atoms in total. The first kappa shape index (κ1) is 23.5. The van der Waals surface area contributed by atoms with E-state index in [1.165, 1.54) is 12.1 Å². The fourth-order valence-electron chi connectivity index (χ4n) is 2.60. The van der Waals surface area contributed by atoms with Gasteiger partial charge >= 0.3 is 6.18 Å². The van der Waals surface area contributed by atoms with Crippen molar-refractivity contribution in [1.29, 1.82) is 5.41 Å². The third kappa shape index (κ3) is 6.20. The van der Waals surface area contributed by atoms with Gasteiger partial charge in [-0.1, -0.05) is 12.1 Å². The molecule has 32 heavy (non-hydrogen) atoms. The van der Waals surface area contributed by atoms with E-state index in [4.69, 9.17) is 5.41 Å². The standard InChI is InChI=1S/C20H17BrF3N5O2S/c21-17-6-3-14(20(22,23)24)11-18(17)32(30,31)29-16-4-1-13(2-5-16)12-27-19(25)28-15-7-9-26-10-8-15/h1-11,29H,12H2,(H3,25,26,27,28). The lowest BCUT2D eigenvalue weighted by atomic mass is 10.2. The van der Waals surface area contributed by atoms with Gasteiger partial charge in [0.2, 0.25) is 0 Å². The molecule has 0 bridgehead atoms. The van der Waals surface area contributed by atoms with E-state index in [2.05, 4.69) is 36.3 Å². The smallest absolute Gasteiger partial charge is 0.352 e. The van der Waals surface area contributed by atoms with E-state index < -0.39 is 26.7 Å². The van der Waals surface area contributed by atoms with Crippen LogP contribution in [0.2, 0.25) is 0 Å². The zero-order chi connectivity index (χ0) is 23.4. The molecule has 168 valence electrons. The molecular weight excluding hydrogens is 511 g/mol. The van der Waals surface area contributed by atoms with Crippen LogP contribution in [0.5, 0.6) is 0 Å². The van der Waals surface area contributed by atoms with Crippen LogP contribution in [0.15, 0.2) is 76.4 Å². The molecule has 1 heterocycles. The van der Waals surface area contributed by atoms with Gasteiger partial charge in [-0.05, 0) is 64.0 Å². The van der Waals surface area contributed by atoms with Crippen LogP contribution in [0.1, 0.15) is 11.1 Å². The highest BCUT2D eigenvalue weighted by Gasteiger charge is 2.32. The molecule has 3 rings (SSSR count). The highest BCUT2D eigenvalue weighted by Crippen LogP contribution is 2.34. The second kappa shape index (κ2) is 9.57. The predicted molar refractivity (Wildman–Crippen MR) is 119 cm³/mol. The zero-order valence-corrected chi connectivity index (χ0v) is 18.6.